The molecule has 2 aromatic rings. The molecule has 2 heterocycles. The number of hydrogen-bond acceptors (Lipinski definition) is 4. The lowest BCUT2D eigenvalue weighted by Crippen LogP contribution is -2.49. The molecule has 2 fully saturated rings. The molecule has 5 heteroatoms. The van der Waals surface area contributed by atoms with E-state index in [1.54, 1.807) is 0 Å². The SMILES string of the molecule is CCN(C(=O)CN1CCC2(CC1)OCCO2)c1cccc2ccccc12. The number of ether oxygens (including phenoxy) is 2. The van der Waals surface area contributed by atoms with Crippen LogP contribution in [0.1, 0.15) is 19.8 Å². The molecule has 0 bridgehead atoms. The first-order valence-electron chi connectivity index (χ1n) is 9.49. The molecular weight excluding hydrogens is 328 g/mol. The Morgan fingerprint density at radius 3 is 2.50 bits per heavy atom. The number of piperidine rings is 1. The molecule has 2 aliphatic rings. The van der Waals surface area contributed by atoms with Gasteiger partial charge in [0.05, 0.1) is 25.4 Å². The second kappa shape index (κ2) is 7.35. The van der Waals surface area contributed by atoms with Gasteiger partial charge in [-0.15, -0.1) is 0 Å². The fourth-order valence-corrected chi connectivity index (χ4v) is 4.04. The van der Waals surface area contributed by atoms with Crippen LogP contribution in [-0.2, 0) is 14.3 Å². The molecule has 26 heavy (non-hydrogen) atoms. The molecule has 138 valence electrons. The maximum Gasteiger partial charge on any atom is 0.241 e. The molecule has 5 nitrogen and oxygen atoms in total. The van der Waals surface area contributed by atoms with Crippen LogP contribution in [0.15, 0.2) is 42.5 Å². The predicted octanol–water partition coefficient (Wildman–Crippen LogP) is 3.03. The number of hydrogen-bond donors (Lipinski definition) is 0. The molecular formula is C21H26N2O3. The summed E-state index contributed by atoms with van der Waals surface area (Å²) in [5.41, 5.74) is 0.992. The van der Waals surface area contributed by atoms with Crippen LogP contribution in [0.5, 0.6) is 0 Å². The van der Waals surface area contributed by atoms with Crippen LogP contribution in [0, 0.1) is 0 Å². The molecule has 2 aliphatic heterocycles. The number of anilines is 1. The Hall–Kier alpha value is -1.95. The van der Waals surface area contributed by atoms with Gasteiger partial charge in [0.1, 0.15) is 0 Å². The van der Waals surface area contributed by atoms with E-state index in [0.717, 1.165) is 42.4 Å². The van der Waals surface area contributed by atoms with Crippen LogP contribution in [-0.4, -0.2) is 56.0 Å². The summed E-state index contributed by atoms with van der Waals surface area (Å²) in [4.78, 5) is 17.1. The van der Waals surface area contributed by atoms with E-state index in [4.69, 9.17) is 9.47 Å². The van der Waals surface area contributed by atoms with E-state index in [0.29, 0.717) is 26.3 Å². The van der Waals surface area contributed by atoms with Crippen molar-refractivity contribution in [3.8, 4) is 0 Å². The highest BCUT2D eigenvalue weighted by molar-refractivity contribution is 6.04. The fraction of sp³-hybridized carbons (Fsp3) is 0.476. The first kappa shape index (κ1) is 17.5. The molecule has 1 spiro atoms. The van der Waals surface area contributed by atoms with Crippen LogP contribution >= 0.6 is 0 Å². The molecule has 4 rings (SSSR count). The largest absolute Gasteiger partial charge is 0.347 e. The Morgan fingerprint density at radius 2 is 1.77 bits per heavy atom. The molecule has 1 amide bonds. The Bertz CT molecular complexity index is 770. The van der Waals surface area contributed by atoms with Gasteiger partial charge < -0.3 is 14.4 Å². The molecule has 2 saturated heterocycles. The van der Waals surface area contributed by atoms with Crippen molar-refractivity contribution >= 4 is 22.4 Å². The summed E-state index contributed by atoms with van der Waals surface area (Å²) in [6.45, 7) is 6.17. The van der Waals surface area contributed by atoms with Gasteiger partial charge in [0, 0.05) is 37.9 Å². The average Bonchev–Trinajstić information content (AvgIpc) is 3.13. The van der Waals surface area contributed by atoms with Crippen LogP contribution in [0.3, 0.4) is 0 Å². The van der Waals surface area contributed by atoms with E-state index in [-0.39, 0.29) is 11.7 Å². The third-order valence-corrected chi connectivity index (χ3v) is 5.46. The Kier molecular flexibility index (Phi) is 4.94. The normalized spacial score (nSPS) is 19.9. The van der Waals surface area contributed by atoms with Crippen molar-refractivity contribution in [2.24, 2.45) is 0 Å². The maximum atomic E-state index is 13.0. The summed E-state index contributed by atoms with van der Waals surface area (Å²) in [5.74, 6) is -0.243. The van der Waals surface area contributed by atoms with E-state index in [2.05, 4.69) is 23.1 Å². The number of nitrogens with zero attached hydrogens (tertiary/aromatic N) is 2. The minimum atomic E-state index is -0.389. The second-order valence-electron chi connectivity index (χ2n) is 7.02. The average molecular weight is 354 g/mol. The van der Waals surface area contributed by atoms with Crippen LogP contribution < -0.4 is 4.90 Å². The first-order chi connectivity index (χ1) is 12.7. The van der Waals surface area contributed by atoms with Gasteiger partial charge in [-0.2, -0.15) is 0 Å². The number of amides is 1. The Labute approximate surface area is 154 Å². The number of likely N-dealkylation sites (N-methyl/N-ethyl adjacent to an activating group) is 1. The van der Waals surface area contributed by atoms with E-state index in [1.807, 2.05) is 36.1 Å². The van der Waals surface area contributed by atoms with Gasteiger partial charge in [-0.25, -0.2) is 0 Å². The highest BCUT2D eigenvalue weighted by Gasteiger charge is 2.40. The quantitative estimate of drug-likeness (QED) is 0.846. The third kappa shape index (κ3) is 3.34. The molecule has 0 aromatic heterocycles. The summed E-state index contributed by atoms with van der Waals surface area (Å²) in [6, 6.07) is 14.4. The molecule has 0 unspecified atom stereocenters. The van der Waals surface area contributed by atoms with Crippen molar-refractivity contribution in [2.45, 2.75) is 25.6 Å². The van der Waals surface area contributed by atoms with Crippen molar-refractivity contribution < 1.29 is 14.3 Å². The van der Waals surface area contributed by atoms with Crippen molar-refractivity contribution in [2.75, 3.05) is 44.3 Å². The number of carbonyl (C=O) groups is 1. The number of carbonyl (C=O) groups excluding carboxylic acids is 1. The van der Waals surface area contributed by atoms with E-state index < -0.39 is 0 Å². The number of benzene rings is 2. The zero-order chi connectivity index (χ0) is 18.0. The van der Waals surface area contributed by atoms with Gasteiger partial charge >= 0.3 is 0 Å². The van der Waals surface area contributed by atoms with Crippen LogP contribution in [0.4, 0.5) is 5.69 Å². The first-order valence-corrected chi connectivity index (χ1v) is 9.49. The zero-order valence-corrected chi connectivity index (χ0v) is 15.3. The molecule has 2 aromatic carbocycles. The van der Waals surface area contributed by atoms with Crippen LogP contribution in [0.2, 0.25) is 0 Å². The minimum Gasteiger partial charge on any atom is -0.347 e. The van der Waals surface area contributed by atoms with Gasteiger partial charge in [0.15, 0.2) is 5.79 Å². The van der Waals surface area contributed by atoms with Gasteiger partial charge in [-0.3, -0.25) is 9.69 Å². The number of fused-ring (bicyclic) bond motifs is 1. The van der Waals surface area contributed by atoms with Gasteiger partial charge in [0.25, 0.3) is 0 Å². The number of rotatable bonds is 4. The van der Waals surface area contributed by atoms with E-state index >= 15 is 0 Å². The molecule has 0 N–H and O–H groups in total. The summed E-state index contributed by atoms with van der Waals surface area (Å²) in [6.07, 6.45) is 1.67. The van der Waals surface area contributed by atoms with E-state index in [1.165, 1.54) is 0 Å². The van der Waals surface area contributed by atoms with Gasteiger partial charge in [-0.1, -0.05) is 36.4 Å². The predicted molar refractivity (Wildman–Crippen MR) is 102 cm³/mol. The topological polar surface area (TPSA) is 42.0 Å². The molecule has 0 radical (unpaired) electrons. The zero-order valence-electron chi connectivity index (χ0n) is 15.3. The lowest BCUT2D eigenvalue weighted by molar-refractivity contribution is -0.185. The molecule has 0 saturated carbocycles. The van der Waals surface area contributed by atoms with Gasteiger partial charge in [-0.05, 0) is 18.4 Å². The molecule has 0 aliphatic carbocycles. The monoisotopic (exact) mass is 354 g/mol. The van der Waals surface area contributed by atoms with Crippen molar-refractivity contribution in [1.82, 2.24) is 4.90 Å². The molecule has 0 atom stereocenters. The van der Waals surface area contributed by atoms with Crippen LogP contribution in [0.25, 0.3) is 10.8 Å². The lowest BCUT2D eigenvalue weighted by Gasteiger charge is -2.38. The summed E-state index contributed by atoms with van der Waals surface area (Å²) < 4.78 is 11.6. The maximum absolute atomic E-state index is 13.0. The summed E-state index contributed by atoms with van der Waals surface area (Å²) in [7, 11) is 0. The summed E-state index contributed by atoms with van der Waals surface area (Å²) in [5, 5.41) is 2.28. The Morgan fingerprint density at radius 1 is 1.08 bits per heavy atom. The van der Waals surface area contributed by atoms with Crippen molar-refractivity contribution in [1.29, 1.82) is 0 Å². The highest BCUT2D eigenvalue weighted by atomic mass is 16.7. The third-order valence-electron chi connectivity index (χ3n) is 5.46. The smallest absolute Gasteiger partial charge is 0.241 e. The fourth-order valence-electron chi connectivity index (χ4n) is 4.04. The standard InChI is InChI=1S/C21H26N2O3/c1-2-23(19-9-5-7-17-6-3-4-8-18(17)19)20(24)16-22-12-10-21(11-13-22)25-14-15-26-21/h3-9H,2,10-16H2,1H3. The van der Waals surface area contributed by atoms with Crippen molar-refractivity contribution in [3.63, 3.8) is 0 Å². The van der Waals surface area contributed by atoms with E-state index in [9.17, 15) is 4.79 Å². The van der Waals surface area contributed by atoms with Gasteiger partial charge in [0.2, 0.25) is 5.91 Å². The van der Waals surface area contributed by atoms with Crippen molar-refractivity contribution in [3.05, 3.63) is 42.5 Å². The number of likely N-dealkylation sites (tertiary alicyclic amines) is 1. The Balaban J connectivity index is 1.46. The minimum absolute atomic E-state index is 0.146. The second-order valence-corrected chi connectivity index (χ2v) is 7.02. The lowest BCUT2D eigenvalue weighted by atomic mass is 10.0. The highest BCUT2D eigenvalue weighted by Crippen LogP contribution is 2.31. The summed E-state index contributed by atoms with van der Waals surface area (Å²) >= 11 is 0.